The molecule has 34 heavy (non-hydrogen) atoms. The van der Waals surface area contributed by atoms with Crippen LogP contribution in [-0.4, -0.2) is 4.98 Å². The molecule has 0 amide bonds. The molecule has 2 unspecified atom stereocenters. The number of nitriles is 1. The summed E-state index contributed by atoms with van der Waals surface area (Å²) < 4.78 is 26.8. The van der Waals surface area contributed by atoms with E-state index in [-0.39, 0.29) is 28.3 Å². The summed E-state index contributed by atoms with van der Waals surface area (Å²) in [6, 6.07) is 13.4. The van der Waals surface area contributed by atoms with E-state index in [1.54, 1.807) is 43.5 Å². The van der Waals surface area contributed by atoms with E-state index in [2.05, 4.69) is 14.2 Å². The number of fused-ring (bicyclic) bond motifs is 3. The van der Waals surface area contributed by atoms with Gasteiger partial charge in [0, 0.05) is 17.3 Å². The Kier molecular flexibility index (Phi) is 5.36. The molecule has 9 heteroatoms. The highest BCUT2D eigenvalue weighted by Crippen LogP contribution is 2.44. The van der Waals surface area contributed by atoms with Crippen LogP contribution >= 0.6 is 20.8 Å². The topological polar surface area (TPSA) is 102 Å². The maximum atomic E-state index is 15.5. The summed E-state index contributed by atoms with van der Waals surface area (Å²) in [5.41, 5.74) is 7.66. The van der Waals surface area contributed by atoms with Gasteiger partial charge in [-0.05, 0) is 47.6 Å². The van der Waals surface area contributed by atoms with E-state index in [1.807, 2.05) is 6.07 Å². The second-order valence-electron chi connectivity index (χ2n) is 7.88. The van der Waals surface area contributed by atoms with Crippen molar-refractivity contribution in [3.05, 3.63) is 98.2 Å². The third-order valence-corrected chi connectivity index (χ3v) is 6.50. The summed E-state index contributed by atoms with van der Waals surface area (Å²) in [7, 11) is 2.55. The maximum Gasteiger partial charge on any atom is 0.344 e. The molecule has 0 saturated heterocycles. The van der Waals surface area contributed by atoms with Gasteiger partial charge >= 0.3 is 5.63 Å². The Bertz CT molecular complexity index is 1640. The highest BCUT2D eigenvalue weighted by Gasteiger charge is 2.37. The van der Waals surface area contributed by atoms with Gasteiger partial charge in [0.2, 0.25) is 5.88 Å². The SMILES string of the molecule is Cc1cc(-c2ccc(C3C(C#N)=C(N)Oc4c3c(=O)oc3ccc(P)cc43)c(F)c2)cnc1Cl. The summed E-state index contributed by atoms with van der Waals surface area (Å²) in [5.74, 6) is -1.76. The number of allylic oxidation sites excluding steroid dienone is 1. The van der Waals surface area contributed by atoms with Gasteiger partial charge in [-0.3, -0.25) is 0 Å². The molecule has 0 fully saturated rings. The predicted octanol–water partition coefficient (Wildman–Crippen LogP) is 4.67. The molecule has 0 radical (unpaired) electrons. The van der Waals surface area contributed by atoms with E-state index >= 15 is 4.39 Å². The number of benzene rings is 2. The number of halogens is 2. The van der Waals surface area contributed by atoms with Gasteiger partial charge in [0.25, 0.3) is 0 Å². The molecule has 3 heterocycles. The molecule has 0 bridgehead atoms. The second-order valence-corrected chi connectivity index (χ2v) is 8.91. The molecule has 2 N–H and O–H groups in total. The van der Waals surface area contributed by atoms with Crippen molar-refractivity contribution in [3.63, 3.8) is 0 Å². The fourth-order valence-corrected chi connectivity index (χ4v) is 4.47. The third-order valence-electron chi connectivity index (χ3n) is 5.75. The normalized spacial score (nSPS) is 15.1. The molecule has 1 aliphatic heterocycles. The van der Waals surface area contributed by atoms with Crippen molar-refractivity contribution in [2.75, 3.05) is 0 Å². The molecule has 0 saturated carbocycles. The predicted molar refractivity (Wildman–Crippen MR) is 131 cm³/mol. The first-order valence-corrected chi connectivity index (χ1v) is 11.1. The number of rotatable bonds is 2. The van der Waals surface area contributed by atoms with Crippen LogP contribution in [-0.2, 0) is 0 Å². The number of aromatic nitrogens is 1. The minimum absolute atomic E-state index is 0.0181. The molecule has 6 nitrogen and oxygen atoms in total. The van der Waals surface area contributed by atoms with Crippen LogP contribution in [0.4, 0.5) is 4.39 Å². The lowest BCUT2D eigenvalue weighted by molar-refractivity contribution is 0.387. The fourth-order valence-electron chi connectivity index (χ4n) is 4.10. The van der Waals surface area contributed by atoms with Crippen molar-refractivity contribution in [1.82, 2.24) is 4.98 Å². The molecule has 5 rings (SSSR count). The number of ether oxygens (including phenoxy) is 1. The summed E-state index contributed by atoms with van der Waals surface area (Å²) in [4.78, 5) is 17.1. The quantitative estimate of drug-likeness (QED) is 0.248. The Morgan fingerprint density at radius 1 is 1.21 bits per heavy atom. The van der Waals surface area contributed by atoms with Gasteiger partial charge in [0.05, 0.1) is 16.9 Å². The van der Waals surface area contributed by atoms with Crippen LogP contribution in [0.25, 0.3) is 22.1 Å². The fraction of sp³-hybridized carbons (Fsp3) is 0.0800. The minimum Gasteiger partial charge on any atom is -0.439 e. The minimum atomic E-state index is -1.10. The summed E-state index contributed by atoms with van der Waals surface area (Å²) in [6.45, 7) is 1.80. The average molecular weight is 492 g/mol. The number of hydrogen-bond acceptors (Lipinski definition) is 6. The molecule has 0 spiro atoms. The zero-order chi connectivity index (χ0) is 24.1. The first-order valence-electron chi connectivity index (χ1n) is 10.1. The van der Waals surface area contributed by atoms with Crippen LogP contribution in [0.1, 0.15) is 22.6 Å². The number of aryl methyl sites for hydroxylation is 1. The van der Waals surface area contributed by atoms with Gasteiger partial charge in [-0.15, -0.1) is 9.24 Å². The van der Waals surface area contributed by atoms with E-state index in [9.17, 15) is 10.1 Å². The van der Waals surface area contributed by atoms with Crippen LogP contribution in [0, 0.1) is 24.1 Å². The van der Waals surface area contributed by atoms with Crippen molar-refractivity contribution < 1.29 is 13.5 Å². The number of hydrogen-bond donors (Lipinski definition) is 1. The zero-order valence-electron chi connectivity index (χ0n) is 17.7. The molecular formula is C25H16ClFN3O3P. The van der Waals surface area contributed by atoms with Crippen molar-refractivity contribution in [2.24, 2.45) is 5.73 Å². The lowest BCUT2D eigenvalue weighted by Crippen LogP contribution is -2.27. The number of nitrogens with zero attached hydrogens (tertiary/aromatic N) is 2. The lowest BCUT2D eigenvalue weighted by Gasteiger charge is -2.26. The molecule has 2 aromatic heterocycles. The van der Waals surface area contributed by atoms with Gasteiger partial charge in [0.15, 0.2) is 5.75 Å². The van der Waals surface area contributed by atoms with Crippen LogP contribution < -0.4 is 21.4 Å². The Hall–Kier alpha value is -3.72. The molecule has 4 aromatic rings. The van der Waals surface area contributed by atoms with Crippen molar-refractivity contribution in [3.8, 4) is 22.9 Å². The summed E-state index contributed by atoms with van der Waals surface area (Å²) in [5, 5.41) is 11.5. The highest BCUT2D eigenvalue weighted by atomic mass is 35.5. The summed E-state index contributed by atoms with van der Waals surface area (Å²) >= 11 is 6.00. The van der Waals surface area contributed by atoms with Gasteiger partial charge < -0.3 is 14.9 Å². The van der Waals surface area contributed by atoms with E-state index in [0.717, 1.165) is 10.9 Å². The average Bonchev–Trinajstić information content (AvgIpc) is 2.80. The van der Waals surface area contributed by atoms with E-state index in [1.165, 1.54) is 12.1 Å². The van der Waals surface area contributed by atoms with Crippen LogP contribution in [0.3, 0.4) is 0 Å². The number of nitrogens with two attached hydrogens (primary N) is 1. The summed E-state index contributed by atoms with van der Waals surface area (Å²) in [6.07, 6.45) is 1.55. The third kappa shape index (κ3) is 3.52. The molecule has 0 aliphatic carbocycles. The van der Waals surface area contributed by atoms with Crippen LogP contribution in [0.5, 0.6) is 5.75 Å². The Balaban J connectivity index is 1.73. The maximum absolute atomic E-state index is 15.5. The van der Waals surface area contributed by atoms with Gasteiger partial charge in [0.1, 0.15) is 28.2 Å². The zero-order valence-corrected chi connectivity index (χ0v) is 19.6. The molecule has 2 atom stereocenters. The number of pyridine rings is 1. The van der Waals surface area contributed by atoms with Crippen molar-refractivity contribution in [1.29, 1.82) is 5.26 Å². The van der Waals surface area contributed by atoms with E-state index < -0.39 is 17.4 Å². The van der Waals surface area contributed by atoms with Crippen LogP contribution in [0.15, 0.2) is 69.3 Å². The highest BCUT2D eigenvalue weighted by molar-refractivity contribution is 7.27. The van der Waals surface area contributed by atoms with Crippen molar-refractivity contribution in [2.45, 2.75) is 12.8 Å². The second kappa shape index (κ2) is 8.25. The van der Waals surface area contributed by atoms with E-state index in [0.29, 0.717) is 27.2 Å². The first kappa shape index (κ1) is 22.1. The molecule has 168 valence electrons. The standard InChI is InChI=1S/C25H16ClFN3O3P/c1-11-6-13(10-30-23(11)26)12-2-4-15(18(27)7-12)20-17(9-28)24(29)33-22-16-8-14(34)3-5-19(16)32-25(31)21(20)22/h2-8,10,20H,29,34H2,1H3. The van der Waals surface area contributed by atoms with Crippen LogP contribution in [0.2, 0.25) is 5.15 Å². The lowest BCUT2D eigenvalue weighted by atomic mass is 9.83. The largest absolute Gasteiger partial charge is 0.439 e. The van der Waals surface area contributed by atoms with E-state index in [4.69, 9.17) is 26.5 Å². The Morgan fingerprint density at radius 3 is 2.71 bits per heavy atom. The Morgan fingerprint density at radius 2 is 2.00 bits per heavy atom. The first-order chi connectivity index (χ1) is 16.3. The van der Waals surface area contributed by atoms with Crippen molar-refractivity contribution >= 4 is 37.1 Å². The van der Waals surface area contributed by atoms with Gasteiger partial charge in [-0.25, -0.2) is 14.2 Å². The molecule has 1 aliphatic rings. The van der Waals surface area contributed by atoms with Gasteiger partial charge in [-0.1, -0.05) is 29.8 Å². The molecular weight excluding hydrogens is 476 g/mol. The smallest absolute Gasteiger partial charge is 0.344 e. The molecule has 2 aromatic carbocycles. The monoisotopic (exact) mass is 491 g/mol. The Labute approximate surface area is 200 Å². The van der Waals surface area contributed by atoms with Gasteiger partial charge in [-0.2, -0.15) is 5.26 Å².